The maximum Gasteiger partial charge on any atom is 0.175 e. The first-order chi connectivity index (χ1) is 8.24. The maximum atomic E-state index is 4.59. The second-order valence-electron chi connectivity index (χ2n) is 3.72. The molecule has 0 aliphatic rings. The lowest BCUT2D eigenvalue weighted by Crippen LogP contribution is -2.03. The highest BCUT2D eigenvalue weighted by Gasteiger charge is 2.07. The van der Waals surface area contributed by atoms with Crippen LogP contribution in [0.3, 0.4) is 0 Å². The van der Waals surface area contributed by atoms with E-state index in [0.717, 1.165) is 26.1 Å². The molecule has 1 aromatic carbocycles. The number of hydrogen-bond acceptors (Lipinski definition) is 3. The lowest BCUT2D eigenvalue weighted by molar-refractivity contribution is 0.833. The Balaban J connectivity index is 2.26. The van der Waals surface area contributed by atoms with Crippen LogP contribution in [0.15, 0.2) is 36.7 Å². The van der Waals surface area contributed by atoms with Gasteiger partial charge in [-0.15, -0.1) is 0 Å². The molecule has 3 rings (SSSR count). The second-order valence-corrected chi connectivity index (χ2v) is 4.97. The Morgan fingerprint density at radius 2 is 1.82 bits per heavy atom. The van der Waals surface area contributed by atoms with Gasteiger partial charge in [0.15, 0.2) is 5.82 Å². The number of fused-ring (bicyclic) bond motifs is 1. The third-order valence-electron chi connectivity index (χ3n) is 2.49. The molecule has 2 heterocycles. The number of nitrogens with zero attached hydrogens (tertiary/aromatic N) is 4. The Bertz CT molecular complexity index is 690. The molecule has 3 aromatic rings. The van der Waals surface area contributed by atoms with Gasteiger partial charge in [0, 0.05) is 6.20 Å². The molecule has 0 spiro atoms. The summed E-state index contributed by atoms with van der Waals surface area (Å²) in [4.78, 5) is 9.13. The quantitative estimate of drug-likeness (QED) is 0.642. The van der Waals surface area contributed by atoms with E-state index in [0.29, 0.717) is 0 Å². The average molecular weight is 336 g/mol. The van der Waals surface area contributed by atoms with Gasteiger partial charge < -0.3 is 0 Å². The van der Waals surface area contributed by atoms with Crippen LogP contribution in [0.4, 0.5) is 0 Å². The van der Waals surface area contributed by atoms with E-state index in [4.69, 9.17) is 0 Å². The number of hydrogen-bond donors (Lipinski definition) is 0. The molecule has 0 bridgehead atoms. The van der Waals surface area contributed by atoms with Gasteiger partial charge in [0.2, 0.25) is 0 Å². The summed E-state index contributed by atoms with van der Waals surface area (Å²) >= 11 is 2.23. The summed E-state index contributed by atoms with van der Waals surface area (Å²) in [5.41, 5.74) is 2.68. The summed E-state index contributed by atoms with van der Waals surface area (Å²) in [5, 5.41) is 4.26. The molecule has 0 amide bonds. The third-order valence-corrected chi connectivity index (χ3v) is 3.05. The van der Waals surface area contributed by atoms with Gasteiger partial charge in [-0.2, -0.15) is 5.10 Å². The molecule has 0 aliphatic carbocycles. The molecule has 0 aliphatic heterocycles. The molecule has 4 nitrogen and oxygen atoms in total. The summed E-state index contributed by atoms with van der Waals surface area (Å²) < 4.78 is 2.84. The van der Waals surface area contributed by atoms with Crippen molar-refractivity contribution in [1.82, 2.24) is 19.7 Å². The highest BCUT2D eigenvalue weighted by molar-refractivity contribution is 14.1. The van der Waals surface area contributed by atoms with E-state index in [1.54, 1.807) is 10.9 Å². The number of para-hydroxylation sites is 2. The Kier molecular flexibility index (Phi) is 2.54. The van der Waals surface area contributed by atoms with E-state index in [9.17, 15) is 0 Å². The van der Waals surface area contributed by atoms with Gasteiger partial charge in [-0.05, 0) is 41.6 Å². The van der Waals surface area contributed by atoms with Crippen LogP contribution in [0.2, 0.25) is 0 Å². The van der Waals surface area contributed by atoms with Gasteiger partial charge in [-0.25, -0.2) is 14.6 Å². The standard InChI is InChI=1S/C12H9IN4/c1-8-12(17-7-9(13)6-14-17)16-11-5-3-2-4-10(11)15-8/h2-7H,1H3. The van der Waals surface area contributed by atoms with Crippen molar-refractivity contribution in [3.63, 3.8) is 0 Å². The summed E-state index contributed by atoms with van der Waals surface area (Å²) in [7, 11) is 0. The van der Waals surface area contributed by atoms with Crippen LogP contribution >= 0.6 is 22.6 Å². The Labute approximate surface area is 112 Å². The van der Waals surface area contributed by atoms with Crippen LogP contribution in [-0.2, 0) is 0 Å². The normalized spacial score (nSPS) is 10.9. The fraction of sp³-hybridized carbons (Fsp3) is 0.0833. The largest absolute Gasteiger partial charge is 0.248 e. The average Bonchev–Trinajstić information content (AvgIpc) is 2.75. The van der Waals surface area contributed by atoms with Gasteiger partial charge in [0.25, 0.3) is 0 Å². The molecule has 0 atom stereocenters. The second kappa shape index (κ2) is 4.06. The number of aryl methyl sites for hydroxylation is 1. The monoisotopic (exact) mass is 336 g/mol. The molecule has 17 heavy (non-hydrogen) atoms. The van der Waals surface area contributed by atoms with Crippen molar-refractivity contribution >= 4 is 33.6 Å². The predicted octanol–water partition coefficient (Wildman–Crippen LogP) is 2.73. The molecule has 0 saturated heterocycles. The molecule has 0 fully saturated rings. The van der Waals surface area contributed by atoms with Crippen molar-refractivity contribution < 1.29 is 0 Å². The first-order valence-electron chi connectivity index (χ1n) is 5.18. The predicted molar refractivity (Wildman–Crippen MR) is 74.1 cm³/mol. The minimum absolute atomic E-state index is 0.784. The zero-order valence-corrected chi connectivity index (χ0v) is 11.3. The summed E-state index contributed by atoms with van der Waals surface area (Å²) in [6.45, 7) is 1.95. The van der Waals surface area contributed by atoms with Crippen LogP contribution in [0.1, 0.15) is 5.69 Å². The van der Waals surface area contributed by atoms with Crippen LogP contribution in [0.25, 0.3) is 16.9 Å². The number of halogens is 1. The van der Waals surface area contributed by atoms with E-state index < -0.39 is 0 Å². The molecule has 84 valence electrons. The summed E-state index contributed by atoms with van der Waals surface area (Å²) in [6.07, 6.45) is 3.74. The van der Waals surface area contributed by atoms with E-state index in [2.05, 4.69) is 37.7 Å². The minimum Gasteiger partial charge on any atom is -0.248 e. The summed E-state index contributed by atoms with van der Waals surface area (Å²) in [5.74, 6) is 0.784. The Morgan fingerprint density at radius 1 is 1.12 bits per heavy atom. The van der Waals surface area contributed by atoms with Gasteiger partial charge in [-0.1, -0.05) is 12.1 Å². The molecular formula is C12H9IN4. The van der Waals surface area contributed by atoms with E-state index in [1.165, 1.54) is 0 Å². The van der Waals surface area contributed by atoms with E-state index >= 15 is 0 Å². The fourth-order valence-electron chi connectivity index (χ4n) is 1.71. The van der Waals surface area contributed by atoms with E-state index in [1.807, 2.05) is 37.4 Å². The minimum atomic E-state index is 0.784. The van der Waals surface area contributed by atoms with Gasteiger partial charge in [0.05, 0.1) is 26.5 Å². The molecule has 0 N–H and O–H groups in total. The van der Waals surface area contributed by atoms with Crippen molar-refractivity contribution in [2.24, 2.45) is 0 Å². The molecule has 5 heteroatoms. The Morgan fingerprint density at radius 3 is 2.47 bits per heavy atom. The lowest BCUT2D eigenvalue weighted by Gasteiger charge is -2.05. The van der Waals surface area contributed by atoms with Crippen LogP contribution in [-0.4, -0.2) is 19.7 Å². The van der Waals surface area contributed by atoms with Crippen LogP contribution in [0.5, 0.6) is 0 Å². The smallest absolute Gasteiger partial charge is 0.175 e. The molecule has 0 saturated carbocycles. The molecule has 2 aromatic heterocycles. The molecule has 0 unspecified atom stereocenters. The third kappa shape index (κ3) is 1.90. The molecular weight excluding hydrogens is 327 g/mol. The van der Waals surface area contributed by atoms with Crippen LogP contribution < -0.4 is 0 Å². The lowest BCUT2D eigenvalue weighted by atomic mass is 10.3. The summed E-state index contributed by atoms with van der Waals surface area (Å²) in [6, 6.07) is 7.85. The highest BCUT2D eigenvalue weighted by atomic mass is 127. The van der Waals surface area contributed by atoms with Gasteiger partial charge >= 0.3 is 0 Å². The number of aromatic nitrogens is 4. The number of rotatable bonds is 1. The van der Waals surface area contributed by atoms with Crippen molar-refractivity contribution in [3.8, 4) is 5.82 Å². The fourth-order valence-corrected chi connectivity index (χ4v) is 2.10. The van der Waals surface area contributed by atoms with Crippen molar-refractivity contribution in [2.45, 2.75) is 6.92 Å². The topological polar surface area (TPSA) is 43.6 Å². The SMILES string of the molecule is Cc1nc2ccccc2nc1-n1cc(I)cn1. The maximum absolute atomic E-state index is 4.59. The number of benzene rings is 1. The van der Waals surface area contributed by atoms with Crippen molar-refractivity contribution in [3.05, 3.63) is 45.9 Å². The van der Waals surface area contributed by atoms with Gasteiger partial charge in [-0.3, -0.25) is 0 Å². The Hall–Kier alpha value is -1.50. The first kappa shape index (κ1) is 10.6. The highest BCUT2D eigenvalue weighted by Crippen LogP contribution is 2.15. The van der Waals surface area contributed by atoms with Crippen molar-refractivity contribution in [1.29, 1.82) is 0 Å². The zero-order chi connectivity index (χ0) is 11.8. The first-order valence-corrected chi connectivity index (χ1v) is 6.26. The van der Waals surface area contributed by atoms with Crippen LogP contribution in [0, 0.1) is 10.5 Å². The van der Waals surface area contributed by atoms with Gasteiger partial charge in [0.1, 0.15) is 0 Å². The van der Waals surface area contributed by atoms with E-state index in [-0.39, 0.29) is 0 Å². The molecule has 0 radical (unpaired) electrons. The zero-order valence-electron chi connectivity index (χ0n) is 9.13. The van der Waals surface area contributed by atoms with Crippen molar-refractivity contribution in [2.75, 3.05) is 0 Å².